The molecule has 1 aliphatic carbocycles. The van der Waals surface area contributed by atoms with Crippen LogP contribution in [-0.4, -0.2) is 35.6 Å². The van der Waals surface area contributed by atoms with E-state index in [2.05, 4.69) is 65.6 Å². The number of rotatable bonds is 4. The van der Waals surface area contributed by atoms with Crippen molar-refractivity contribution in [3.05, 3.63) is 76.4 Å². The SMILES string of the molecule is Cl.O=C(O)CCCN1CCC(=C2c3ccccc3C=Cc3ccccc32)CC1. The number of nitrogens with zero attached hydrogens (tertiary/aromatic N) is 1. The zero-order valence-electron chi connectivity index (χ0n) is 15.9. The summed E-state index contributed by atoms with van der Waals surface area (Å²) in [6.07, 6.45) is 7.54. The number of hydrogen-bond acceptors (Lipinski definition) is 2. The number of fused-ring (bicyclic) bond motifs is 2. The van der Waals surface area contributed by atoms with E-state index in [9.17, 15) is 4.79 Å². The molecule has 2 aliphatic rings. The Kier molecular flexibility index (Phi) is 6.71. The van der Waals surface area contributed by atoms with Crippen molar-refractivity contribution in [3.63, 3.8) is 0 Å². The molecule has 3 nitrogen and oxygen atoms in total. The van der Waals surface area contributed by atoms with Crippen LogP contribution in [0, 0.1) is 0 Å². The second kappa shape index (κ2) is 9.22. The summed E-state index contributed by atoms with van der Waals surface area (Å²) < 4.78 is 0. The van der Waals surface area contributed by atoms with Crippen molar-refractivity contribution >= 4 is 36.1 Å². The third-order valence-corrected chi connectivity index (χ3v) is 5.58. The van der Waals surface area contributed by atoms with Gasteiger partial charge in [0.05, 0.1) is 0 Å². The second-order valence-corrected chi connectivity index (χ2v) is 7.33. The van der Waals surface area contributed by atoms with Crippen LogP contribution in [0.5, 0.6) is 0 Å². The molecule has 0 spiro atoms. The van der Waals surface area contributed by atoms with Gasteiger partial charge in [-0.25, -0.2) is 0 Å². The van der Waals surface area contributed by atoms with E-state index in [1.165, 1.54) is 33.4 Å². The summed E-state index contributed by atoms with van der Waals surface area (Å²) in [6.45, 7) is 2.90. The maximum atomic E-state index is 10.7. The number of benzene rings is 2. The van der Waals surface area contributed by atoms with Crippen molar-refractivity contribution in [1.29, 1.82) is 0 Å². The molecule has 1 saturated heterocycles. The molecule has 0 atom stereocenters. The molecule has 146 valence electrons. The normalized spacial score (nSPS) is 16.0. The molecule has 0 unspecified atom stereocenters. The first-order valence-electron chi connectivity index (χ1n) is 9.75. The molecule has 2 aromatic rings. The zero-order chi connectivity index (χ0) is 18.6. The third-order valence-electron chi connectivity index (χ3n) is 5.58. The maximum Gasteiger partial charge on any atom is 0.303 e. The predicted molar refractivity (Wildman–Crippen MR) is 118 cm³/mol. The summed E-state index contributed by atoms with van der Waals surface area (Å²) in [5.74, 6) is -0.700. The Hall–Kier alpha value is -2.36. The second-order valence-electron chi connectivity index (χ2n) is 7.33. The molecule has 28 heavy (non-hydrogen) atoms. The lowest BCUT2D eigenvalue weighted by Gasteiger charge is -2.30. The fourth-order valence-corrected chi connectivity index (χ4v) is 4.20. The summed E-state index contributed by atoms with van der Waals surface area (Å²) in [6, 6.07) is 17.3. The summed E-state index contributed by atoms with van der Waals surface area (Å²) in [7, 11) is 0. The van der Waals surface area contributed by atoms with Gasteiger partial charge in [0.15, 0.2) is 0 Å². The fourth-order valence-electron chi connectivity index (χ4n) is 4.20. The van der Waals surface area contributed by atoms with Crippen LogP contribution >= 0.6 is 12.4 Å². The molecule has 0 radical (unpaired) electrons. The Morgan fingerprint density at radius 1 is 0.893 bits per heavy atom. The minimum absolute atomic E-state index is 0. The van der Waals surface area contributed by atoms with Crippen molar-refractivity contribution in [3.8, 4) is 0 Å². The Morgan fingerprint density at radius 2 is 1.43 bits per heavy atom. The molecule has 1 N–H and O–H groups in total. The molecular weight excluding hydrogens is 370 g/mol. The first kappa shape index (κ1) is 20.4. The van der Waals surface area contributed by atoms with E-state index in [0.29, 0.717) is 0 Å². The van der Waals surface area contributed by atoms with Crippen LogP contribution < -0.4 is 0 Å². The molecular formula is C24H26ClNO2. The van der Waals surface area contributed by atoms with E-state index in [1.54, 1.807) is 0 Å². The molecule has 1 fully saturated rings. The largest absolute Gasteiger partial charge is 0.481 e. The van der Waals surface area contributed by atoms with Crippen molar-refractivity contribution in [1.82, 2.24) is 4.90 Å². The van der Waals surface area contributed by atoms with Gasteiger partial charge < -0.3 is 10.0 Å². The number of aliphatic carboxylic acids is 1. The number of likely N-dealkylation sites (tertiary alicyclic amines) is 1. The van der Waals surface area contributed by atoms with Crippen LogP contribution in [0.2, 0.25) is 0 Å². The molecule has 0 aromatic heterocycles. The van der Waals surface area contributed by atoms with Gasteiger partial charge in [0.2, 0.25) is 0 Å². The van der Waals surface area contributed by atoms with Crippen LogP contribution in [-0.2, 0) is 4.79 Å². The predicted octanol–water partition coefficient (Wildman–Crippen LogP) is 5.35. The Balaban J connectivity index is 0.00000225. The van der Waals surface area contributed by atoms with Gasteiger partial charge in [0, 0.05) is 19.5 Å². The van der Waals surface area contributed by atoms with Gasteiger partial charge in [-0.2, -0.15) is 0 Å². The highest BCUT2D eigenvalue weighted by Gasteiger charge is 2.22. The van der Waals surface area contributed by atoms with Gasteiger partial charge in [-0.15, -0.1) is 12.4 Å². The van der Waals surface area contributed by atoms with Gasteiger partial charge in [0.25, 0.3) is 0 Å². The van der Waals surface area contributed by atoms with Crippen LogP contribution in [0.4, 0.5) is 0 Å². The van der Waals surface area contributed by atoms with Gasteiger partial charge in [-0.1, -0.05) is 66.3 Å². The molecule has 0 amide bonds. The number of halogens is 1. The van der Waals surface area contributed by atoms with Crippen LogP contribution in [0.3, 0.4) is 0 Å². The van der Waals surface area contributed by atoms with Gasteiger partial charge >= 0.3 is 5.97 Å². The molecule has 0 bridgehead atoms. The first-order valence-corrected chi connectivity index (χ1v) is 9.75. The lowest BCUT2D eigenvalue weighted by atomic mass is 9.86. The minimum atomic E-state index is -0.700. The lowest BCUT2D eigenvalue weighted by molar-refractivity contribution is -0.137. The van der Waals surface area contributed by atoms with E-state index in [0.717, 1.165) is 38.9 Å². The number of piperidine rings is 1. The highest BCUT2D eigenvalue weighted by Crippen LogP contribution is 2.38. The molecule has 4 rings (SSSR count). The molecule has 0 saturated carbocycles. The van der Waals surface area contributed by atoms with Crippen molar-refractivity contribution in [2.24, 2.45) is 0 Å². The van der Waals surface area contributed by atoms with Crippen LogP contribution in [0.15, 0.2) is 54.1 Å². The number of carboxylic acid groups (broad SMARTS) is 1. The minimum Gasteiger partial charge on any atom is -0.481 e. The van der Waals surface area contributed by atoms with Crippen LogP contribution in [0.25, 0.3) is 17.7 Å². The maximum absolute atomic E-state index is 10.7. The highest BCUT2D eigenvalue weighted by atomic mass is 35.5. The topological polar surface area (TPSA) is 40.5 Å². The zero-order valence-corrected chi connectivity index (χ0v) is 16.8. The summed E-state index contributed by atoms with van der Waals surface area (Å²) in [4.78, 5) is 13.1. The number of carboxylic acids is 1. The molecule has 4 heteroatoms. The summed E-state index contributed by atoms with van der Waals surface area (Å²) >= 11 is 0. The first-order chi connectivity index (χ1) is 13.2. The van der Waals surface area contributed by atoms with E-state index < -0.39 is 5.97 Å². The fraction of sp³-hybridized carbons (Fsp3) is 0.292. The van der Waals surface area contributed by atoms with Crippen LogP contribution in [0.1, 0.15) is 47.9 Å². The van der Waals surface area contributed by atoms with E-state index in [1.807, 2.05) is 0 Å². The molecule has 1 aliphatic heterocycles. The highest BCUT2D eigenvalue weighted by molar-refractivity contribution is 5.94. The van der Waals surface area contributed by atoms with E-state index in [4.69, 9.17) is 5.11 Å². The lowest BCUT2D eigenvalue weighted by Crippen LogP contribution is -2.32. The monoisotopic (exact) mass is 395 g/mol. The average molecular weight is 396 g/mol. The van der Waals surface area contributed by atoms with Crippen molar-refractivity contribution < 1.29 is 9.90 Å². The Bertz CT molecular complexity index is 855. The summed E-state index contributed by atoms with van der Waals surface area (Å²) in [5.41, 5.74) is 8.13. The average Bonchev–Trinajstić information content (AvgIpc) is 2.85. The van der Waals surface area contributed by atoms with Crippen molar-refractivity contribution in [2.45, 2.75) is 25.7 Å². The smallest absolute Gasteiger partial charge is 0.303 e. The number of carbonyl (C=O) groups is 1. The standard InChI is InChI=1S/C24H25NO2.ClH/c26-23(27)10-5-15-25-16-13-20(14-17-25)24-21-8-3-1-6-18(21)11-12-19-7-2-4-9-22(19)24;/h1-4,6-9,11-12H,5,10,13-17H2,(H,26,27);1H. The van der Waals surface area contributed by atoms with E-state index in [-0.39, 0.29) is 18.8 Å². The van der Waals surface area contributed by atoms with E-state index >= 15 is 0 Å². The number of hydrogen-bond donors (Lipinski definition) is 1. The Labute approximate surface area is 172 Å². The third kappa shape index (κ3) is 4.37. The molecule has 2 aromatic carbocycles. The molecule has 1 heterocycles. The van der Waals surface area contributed by atoms with Gasteiger partial charge in [-0.3, -0.25) is 4.79 Å². The quantitative estimate of drug-likeness (QED) is 0.646. The van der Waals surface area contributed by atoms with Gasteiger partial charge in [-0.05, 0) is 53.6 Å². The Morgan fingerprint density at radius 3 is 1.96 bits per heavy atom. The summed E-state index contributed by atoms with van der Waals surface area (Å²) in [5, 5.41) is 8.84. The van der Waals surface area contributed by atoms with Gasteiger partial charge in [0.1, 0.15) is 0 Å². The van der Waals surface area contributed by atoms with Crippen molar-refractivity contribution in [2.75, 3.05) is 19.6 Å².